The second kappa shape index (κ2) is 4.47. The van der Waals surface area contributed by atoms with Crippen LogP contribution in [0.25, 0.3) is 0 Å². The molecule has 0 saturated carbocycles. The van der Waals surface area contributed by atoms with E-state index in [1.54, 1.807) is 11.8 Å². The van der Waals surface area contributed by atoms with E-state index in [4.69, 9.17) is 5.73 Å². The fourth-order valence-electron chi connectivity index (χ4n) is 2.00. The first kappa shape index (κ1) is 11.5. The monoisotopic (exact) mass is 236 g/mol. The molecule has 1 heterocycles. The number of carbonyl (C=O) groups excluding carboxylic acids is 1. The van der Waals surface area contributed by atoms with Crippen LogP contribution in [-0.4, -0.2) is 23.1 Å². The number of benzene rings is 1. The molecule has 0 bridgehead atoms. The van der Waals surface area contributed by atoms with E-state index in [0.29, 0.717) is 6.42 Å². The Bertz CT molecular complexity index is 400. The Hall–Kier alpha value is -1.00. The lowest BCUT2D eigenvalue weighted by atomic mass is 10.0. The summed E-state index contributed by atoms with van der Waals surface area (Å²) < 4.78 is 0. The molecule has 1 aliphatic rings. The van der Waals surface area contributed by atoms with Gasteiger partial charge in [-0.2, -0.15) is 0 Å². The summed E-state index contributed by atoms with van der Waals surface area (Å²) in [6, 6.07) is 8.21. The highest BCUT2D eigenvalue weighted by Gasteiger charge is 2.40. The van der Waals surface area contributed by atoms with Crippen LogP contribution in [-0.2, 0) is 11.2 Å². The minimum absolute atomic E-state index is 0.267. The van der Waals surface area contributed by atoms with Crippen LogP contribution in [0.2, 0.25) is 0 Å². The zero-order chi connectivity index (χ0) is 11.6. The molecule has 2 rings (SSSR count). The van der Waals surface area contributed by atoms with Crippen molar-refractivity contribution in [3.05, 3.63) is 35.4 Å². The summed E-state index contributed by atoms with van der Waals surface area (Å²) in [4.78, 5) is 10.9. The molecule has 1 saturated heterocycles. The molecule has 86 valence electrons. The van der Waals surface area contributed by atoms with E-state index < -0.39 is 4.87 Å². The lowest BCUT2D eigenvalue weighted by Gasteiger charge is -2.24. The third-order valence-electron chi connectivity index (χ3n) is 2.79. The van der Waals surface area contributed by atoms with Crippen molar-refractivity contribution in [2.45, 2.75) is 18.2 Å². The van der Waals surface area contributed by atoms with Gasteiger partial charge in [0.25, 0.3) is 0 Å². The van der Waals surface area contributed by atoms with Gasteiger partial charge in [-0.05, 0) is 12.5 Å². The minimum atomic E-state index is -0.603. The molecule has 1 unspecified atom stereocenters. The molecule has 0 radical (unpaired) electrons. The first-order valence-electron chi connectivity index (χ1n) is 5.37. The van der Waals surface area contributed by atoms with Crippen LogP contribution in [0.15, 0.2) is 24.3 Å². The van der Waals surface area contributed by atoms with Gasteiger partial charge in [-0.15, -0.1) is 11.8 Å². The maximum absolute atomic E-state index is 11.6. The predicted octanol–water partition coefficient (Wildman–Crippen LogP) is 1.06. The van der Waals surface area contributed by atoms with Gasteiger partial charge in [-0.1, -0.05) is 29.8 Å². The second-order valence-electron chi connectivity index (χ2n) is 4.13. The lowest BCUT2D eigenvalue weighted by Crippen LogP contribution is -2.51. The van der Waals surface area contributed by atoms with Crippen molar-refractivity contribution in [2.75, 3.05) is 12.3 Å². The summed E-state index contributed by atoms with van der Waals surface area (Å²) in [5.74, 6) is 0.672. The van der Waals surface area contributed by atoms with E-state index in [9.17, 15) is 4.79 Å². The Morgan fingerprint density at radius 3 is 3.00 bits per heavy atom. The van der Waals surface area contributed by atoms with Crippen LogP contribution in [0.1, 0.15) is 11.1 Å². The summed E-state index contributed by atoms with van der Waals surface area (Å²) >= 11 is 1.61. The van der Waals surface area contributed by atoms with Crippen molar-refractivity contribution < 1.29 is 4.79 Å². The van der Waals surface area contributed by atoms with E-state index in [2.05, 4.69) is 24.4 Å². The molecular formula is C12H16N2OS. The average Bonchev–Trinajstić information content (AvgIpc) is 2.67. The fourth-order valence-corrected chi connectivity index (χ4v) is 3.17. The normalized spacial score (nSPS) is 24.6. The van der Waals surface area contributed by atoms with Gasteiger partial charge >= 0.3 is 0 Å². The first-order valence-corrected chi connectivity index (χ1v) is 6.35. The second-order valence-corrected chi connectivity index (χ2v) is 5.53. The number of thioether (sulfide) groups is 1. The number of hydrogen-bond acceptors (Lipinski definition) is 3. The zero-order valence-electron chi connectivity index (χ0n) is 9.32. The van der Waals surface area contributed by atoms with Crippen molar-refractivity contribution in [1.29, 1.82) is 0 Å². The van der Waals surface area contributed by atoms with Crippen LogP contribution < -0.4 is 11.1 Å². The molecule has 4 heteroatoms. The topological polar surface area (TPSA) is 55.1 Å². The van der Waals surface area contributed by atoms with Crippen molar-refractivity contribution in [3.8, 4) is 0 Å². The molecular weight excluding hydrogens is 220 g/mol. The van der Waals surface area contributed by atoms with Crippen LogP contribution in [0, 0.1) is 6.92 Å². The van der Waals surface area contributed by atoms with Crippen LogP contribution in [0.5, 0.6) is 0 Å². The van der Waals surface area contributed by atoms with Crippen LogP contribution in [0.3, 0.4) is 0 Å². The number of nitrogens with one attached hydrogen (secondary N) is 1. The standard InChI is InChI=1S/C12H16N2OS/c1-9-3-2-4-10(7-9)8-12(11(13)15)14-5-6-16-12/h2-4,7,14H,5-6,8H2,1H3,(H2,13,15). The summed E-state index contributed by atoms with van der Waals surface area (Å²) in [7, 11) is 0. The van der Waals surface area contributed by atoms with Gasteiger partial charge in [-0.25, -0.2) is 0 Å². The summed E-state index contributed by atoms with van der Waals surface area (Å²) in [6.07, 6.45) is 0.661. The Morgan fingerprint density at radius 2 is 2.44 bits per heavy atom. The molecule has 0 aliphatic carbocycles. The largest absolute Gasteiger partial charge is 0.367 e. The smallest absolute Gasteiger partial charge is 0.248 e. The maximum atomic E-state index is 11.6. The Labute approximate surface area is 99.8 Å². The molecule has 0 spiro atoms. The van der Waals surface area contributed by atoms with Crippen molar-refractivity contribution in [3.63, 3.8) is 0 Å². The van der Waals surface area contributed by atoms with Gasteiger partial charge in [0.2, 0.25) is 5.91 Å². The van der Waals surface area contributed by atoms with Gasteiger partial charge in [0.1, 0.15) is 4.87 Å². The SMILES string of the molecule is Cc1cccc(CC2(C(N)=O)NCCS2)c1. The number of primary amides is 1. The molecule has 3 nitrogen and oxygen atoms in total. The van der Waals surface area contributed by atoms with Crippen molar-refractivity contribution in [2.24, 2.45) is 5.73 Å². The highest BCUT2D eigenvalue weighted by molar-refractivity contribution is 8.01. The lowest BCUT2D eigenvalue weighted by molar-refractivity contribution is -0.120. The average molecular weight is 236 g/mol. The first-order chi connectivity index (χ1) is 7.62. The highest BCUT2D eigenvalue weighted by atomic mass is 32.2. The molecule has 1 amide bonds. The summed E-state index contributed by atoms with van der Waals surface area (Å²) in [5.41, 5.74) is 7.86. The molecule has 16 heavy (non-hydrogen) atoms. The number of hydrogen-bond donors (Lipinski definition) is 2. The Kier molecular flexibility index (Phi) is 3.21. The van der Waals surface area contributed by atoms with E-state index in [1.807, 2.05) is 12.1 Å². The molecule has 0 aromatic heterocycles. The molecule has 1 aromatic carbocycles. The van der Waals surface area contributed by atoms with E-state index in [-0.39, 0.29) is 5.91 Å². The van der Waals surface area contributed by atoms with Gasteiger partial charge < -0.3 is 5.73 Å². The third kappa shape index (κ3) is 2.23. The Balaban J connectivity index is 2.21. The van der Waals surface area contributed by atoms with Crippen LogP contribution >= 0.6 is 11.8 Å². The van der Waals surface area contributed by atoms with Crippen molar-refractivity contribution >= 4 is 17.7 Å². The van der Waals surface area contributed by atoms with Gasteiger partial charge in [0.05, 0.1) is 0 Å². The molecule has 1 atom stereocenters. The van der Waals surface area contributed by atoms with Crippen LogP contribution in [0.4, 0.5) is 0 Å². The molecule has 1 fully saturated rings. The number of nitrogens with two attached hydrogens (primary N) is 1. The summed E-state index contributed by atoms with van der Waals surface area (Å²) in [5, 5.41) is 3.23. The molecule has 1 aliphatic heterocycles. The number of amides is 1. The minimum Gasteiger partial charge on any atom is -0.367 e. The predicted molar refractivity (Wildman–Crippen MR) is 67.3 cm³/mol. The fraction of sp³-hybridized carbons (Fsp3) is 0.417. The maximum Gasteiger partial charge on any atom is 0.248 e. The highest BCUT2D eigenvalue weighted by Crippen LogP contribution is 2.30. The van der Waals surface area contributed by atoms with E-state index >= 15 is 0 Å². The number of aryl methyl sites for hydroxylation is 1. The Morgan fingerprint density at radius 1 is 1.62 bits per heavy atom. The number of rotatable bonds is 3. The third-order valence-corrected chi connectivity index (χ3v) is 4.19. The van der Waals surface area contributed by atoms with Gasteiger partial charge in [0.15, 0.2) is 0 Å². The molecule has 1 aromatic rings. The molecule has 3 N–H and O–H groups in total. The van der Waals surface area contributed by atoms with E-state index in [1.165, 1.54) is 5.56 Å². The van der Waals surface area contributed by atoms with Gasteiger partial charge in [-0.3, -0.25) is 10.1 Å². The van der Waals surface area contributed by atoms with Crippen molar-refractivity contribution in [1.82, 2.24) is 5.32 Å². The zero-order valence-corrected chi connectivity index (χ0v) is 10.1. The summed E-state index contributed by atoms with van der Waals surface area (Å²) in [6.45, 7) is 2.90. The quantitative estimate of drug-likeness (QED) is 0.825. The number of carbonyl (C=O) groups is 1. The van der Waals surface area contributed by atoms with Gasteiger partial charge in [0, 0.05) is 18.7 Å². The van der Waals surface area contributed by atoms with E-state index in [0.717, 1.165) is 17.9 Å².